The quantitative estimate of drug-likeness (QED) is 0.853. The molecule has 1 aromatic rings. The van der Waals surface area contributed by atoms with Crippen LogP contribution in [0.3, 0.4) is 0 Å². The van der Waals surface area contributed by atoms with Crippen LogP contribution < -0.4 is 5.32 Å². The van der Waals surface area contributed by atoms with Crippen molar-refractivity contribution in [3.63, 3.8) is 0 Å². The Hall–Kier alpha value is -0.960. The van der Waals surface area contributed by atoms with Gasteiger partial charge in [0.15, 0.2) is 9.84 Å². The summed E-state index contributed by atoms with van der Waals surface area (Å²) in [7, 11) is -6.88. The van der Waals surface area contributed by atoms with Gasteiger partial charge in [0.2, 0.25) is 10.0 Å². The molecule has 2 rings (SSSR count). The van der Waals surface area contributed by atoms with Crippen molar-refractivity contribution in [1.29, 1.82) is 0 Å². The summed E-state index contributed by atoms with van der Waals surface area (Å²) in [5.74, 6) is 0. The van der Waals surface area contributed by atoms with Crippen molar-refractivity contribution in [3.05, 3.63) is 24.3 Å². The lowest BCUT2D eigenvalue weighted by atomic mass is 10.3. The van der Waals surface area contributed by atoms with E-state index in [1.165, 1.54) is 28.6 Å². The van der Waals surface area contributed by atoms with E-state index < -0.39 is 19.9 Å². The predicted octanol–water partition coefficient (Wildman–Crippen LogP) is 0.0725. The van der Waals surface area contributed by atoms with Crippen LogP contribution in [0, 0.1) is 0 Å². The van der Waals surface area contributed by atoms with Crippen LogP contribution in [0.15, 0.2) is 34.1 Å². The molecule has 0 saturated carbocycles. The SMILES string of the molecule is C[C@H]1CN(S(=O)(=O)c2ccc(S(C)(=O)=O)cc2)CCN1. The third-order valence-electron chi connectivity index (χ3n) is 3.22. The van der Waals surface area contributed by atoms with Crippen LogP contribution in [0.2, 0.25) is 0 Å². The van der Waals surface area contributed by atoms with Gasteiger partial charge in [0.25, 0.3) is 0 Å². The molecule has 1 aliphatic rings. The zero-order valence-corrected chi connectivity index (χ0v) is 13.0. The van der Waals surface area contributed by atoms with Crippen molar-refractivity contribution < 1.29 is 16.8 Å². The van der Waals surface area contributed by atoms with E-state index in [1.807, 2.05) is 6.92 Å². The van der Waals surface area contributed by atoms with Gasteiger partial charge in [-0.3, -0.25) is 0 Å². The second kappa shape index (κ2) is 5.44. The van der Waals surface area contributed by atoms with Crippen LogP contribution >= 0.6 is 0 Å². The molecule has 1 atom stereocenters. The molecule has 0 aromatic heterocycles. The molecule has 8 heteroatoms. The molecule has 112 valence electrons. The van der Waals surface area contributed by atoms with Crippen LogP contribution in [-0.4, -0.2) is 53.1 Å². The molecule has 6 nitrogen and oxygen atoms in total. The van der Waals surface area contributed by atoms with Gasteiger partial charge in [0, 0.05) is 31.9 Å². The number of nitrogens with one attached hydrogen (secondary N) is 1. The van der Waals surface area contributed by atoms with E-state index in [9.17, 15) is 16.8 Å². The van der Waals surface area contributed by atoms with Crippen LogP contribution in [0.5, 0.6) is 0 Å². The molecule has 0 aliphatic carbocycles. The number of nitrogens with zero attached hydrogens (tertiary/aromatic N) is 1. The highest BCUT2D eigenvalue weighted by atomic mass is 32.2. The third kappa shape index (κ3) is 3.20. The number of hydrogen-bond donors (Lipinski definition) is 1. The van der Waals surface area contributed by atoms with Gasteiger partial charge >= 0.3 is 0 Å². The summed E-state index contributed by atoms with van der Waals surface area (Å²) in [6, 6.07) is 5.45. The van der Waals surface area contributed by atoms with E-state index in [0.717, 1.165) is 6.26 Å². The minimum absolute atomic E-state index is 0.105. The second-order valence-corrected chi connectivity index (χ2v) is 8.92. The molecule has 1 fully saturated rings. The Morgan fingerprint density at radius 3 is 2.15 bits per heavy atom. The maximum atomic E-state index is 12.4. The average Bonchev–Trinajstić information content (AvgIpc) is 2.38. The van der Waals surface area contributed by atoms with Gasteiger partial charge in [-0.2, -0.15) is 4.31 Å². The molecule has 0 unspecified atom stereocenters. The Kier molecular flexibility index (Phi) is 4.19. The first kappa shape index (κ1) is 15.4. The van der Waals surface area contributed by atoms with Crippen molar-refractivity contribution >= 4 is 19.9 Å². The summed E-state index contributed by atoms with van der Waals surface area (Å²) < 4.78 is 49.0. The highest BCUT2D eigenvalue weighted by Crippen LogP contribution is 2.19. The number of sulfone groups is 1. The lowest BCUT2D eigenvalue weighted by molar-refractivity contribution is 0.310. The molecule has 0 bridgehead atoms. The zero-order valence-electron chi connectivity index (χ0n) is 11.4. The molecular formula is C12H18N2O4S2. The molecular weight excluding hydrogens is 300 g/mol. The number of hydrogen-bond acceptors (Lipinski definition) is 5. The molecule has 1 saturated heterocycles. The largest absolute Gasteiger partial charge is 0.312 e. The number of rotatable bonds is 3. The molecule has 0 amide bonds. The highest BCUT2D eigenvalue weighted by Gasteiger charge is 2.28. The van der Waals surface area contributed by atoms with Gasteiger partial charge in [0.1, 0.15) is 0 Å². The fraction of sp³-hybridized carbons (Fsp3) is 0.500. The maximum absolute atomic E-state index is 12.4. The predicted molar refractivity (Wildman–Crippen MR) is 75.8 cm³/mol. The van der Waals surface area contributed by atoms with Crippen molar-refractivity contribution in [1.82, 2.24) is 9.62 Å². The van der Waals surface area contributed by atoms with E-state index in [4.69, 9.17) is 0 Å². The normalized spacial score (nSPS) is 21.8. The number of sulfonamides is 1. The smallest absolute Gasteiger partial charge is 0.243 e. The topological polar surface area (TPSA) is 83.6 Å². The monoisotopic (exact) mass is 318 g/mol. The van der Waals surface area contributed by atoms with Crippen LogP contribution in [0.4, 0.5) is 0 Å². The minimum atomic E-state index is -3.56. The van der Waals surface area contributed by atoms with Gasteiger partial charge in [-0.25, -0.2) is 16.8 Å². The molecule has 1 aliphatic heterocycles. The average molecular weight is 318 g/mol. The summed E-state index contributed by atoms with van der Waals surface area (Å²) in [6.45, 7) is 3.37. The zero-order chi connectivity index (χ0) is 15.0. The van der Waals surface area contributed by atoms with Crippen molar-refractivity contribution in [2.24, 2.45) is 0 Å². The Morgan fingerprint density at radius 2 is 1.65 bits per heavy atom. The van der Waals surface area contributed by atoms with E-state index in [-0.39, 0.29) is 15.8 Å². The van der Waals surface area contributed by atoms with Crippen LogP contribution in [-0.2, 0) is 19.9 Å². The van der Waals surface area contributed by atoms with Crippen molar-refractivity contribution in [3.8, 4) is 0 Å². The van der Waals surface area contributed by atoms with Crippen LogP contribution in [0.1, 0.15) is 6.92 Å². The molecule has 1 heterocycles. The Balaban J connectivity index is 2.30. The summed E-state index contributed by atoms with van der Waals surface area (Å²) in [4.78, 5) is 0.240. The minimum Gasteiger partial charge on any atom is -0.312 e. The van der Waals surface area contributed by atoms with Crippen LogP contribution in [0.25, 0.3) is 0 Å². The molecule has 0 radical (unpaired) electrons. The Morgan fingerprint density at radius 1 is 1.10 bits per heavy atom. The van der Waals surface area contributed by atoms with Gasteiger partial charge in [-0.15, -0.1) is 0 Å². The van der Waals surface area contributed by atoms with E-state index >= 15 is 0 Å². The van der Waals surface area contributed by atoms with Gasteiger partial charge < -0.3 is 5.32 Å². The standard InChI is InChI=1S/C12H18N2O4S2/c1-10-9-14(8-7-13-10)20(17,18)12-5-3-11(4-6-12)19(2,15)16/h3-6,10,13H,7-9H2,1-2H3/t10-/m0/s1. The highest BCUT2D eigenvalue weighted by molar-refractivity contribution is 7.90. The summed E-state index contributed by atoms with van der Waals surface area (Å²) in [6.07, 6.45) is 1.09. The fourth-order valence-corrected chi connectivity index (χ4v) is 4.28. The fourth-order valence-electron chi connectivity index (χ4n) is 2.12. The first-order valence-electron chi connectivity index (χ1n) is 6.25. The first-order chi connectivity index (χ1) is 9.21. The molecule has 1 aromatic carbocycles. The third-order valence-corrected chi connectivity index (χ3v) is 6.23. The molecule has 20 heavy (non-hydrogen) atoms. The lowest BCUT2D eigenvalue weighted by Crippen LogP contribution is -2.51. The van der Waals surface area contributed by atoms with Crippen molar-refractivity contribution in [2.45, 2.75) is 22.8 Å². The molecule has 1 N–H and O–H groups in total. The Labute approximate surface area is 119 Å². The maximum Gasteiger partial charge on any atom is 0.243 e. The summed E-state index contributed by atoms with van der Waals surface area (Å²) in [5.41, 5.74) is 0. The second-order valence-electron chi connectivity index (χ2n) is 4.96. The van der Waals surface area contributed by atoms with E-state index in [2.05, 4.69) is 5.32 Å². The van der Waals surface area contributed by atoms with E-state index in [0.29, 0.717) is 19.6 Å². The van der Waals surface area contributed by atoms with Gasteiger partial charge in [-0.1, -0.05) is 0 Å². The van der Waals surface area contributed by atoms with Gasteiger partial charge in [-0.05, 0) is 31.2 Å². The summed E-state index contributed by atoms with van der Waals surface area (Å²) in [5, 5.41) is 3.18. The van der Waals surface area contributed by atoms with E-state index in [1.54, 1.807) is 0 Å². The number of benzene rings is 1. The lowest BCUT2D eigenvalue weighted by Gasteiger charge is -2.31. The first-order valence-corrected chi connectivity index (χ1v) is 9.58. The number of piperazine rings is 1. The molecule has 0 spiro atoms. The van der Waals surface area contributed by atoms with Gasteiger partial charge in [0.05, 0.1) is 9.79 Å². The summed E-state index contributed by atoms with van der Waals surface area (Å²) >= 11 is 0. The Bertz CT molecular complexity index is 681. The van der Waals surface area contributed by atoms with Crippen molar-refractivity contribution in [2.75, 3.05) is 25.9 Å².